The van der Waals surface area contributed by atoms with Crippen LogP contribution in [0.2, 0.25) is 0 Å². The molecule has 3 heteroatoms. The molecular formula is C3H7N3. The molecule has 0 aliphatic heterocycles. The minimum absolute atomic E-state index is 0.120. The molecule has 4 N–H and O–H groups in total. The van der Waals surface area contributed by atoms with E-state index >= 15 is 0 Å². The highest BCUT2D eigenvalue weighted by atomic mass is 14.7. The molecular weight excluding hydrogens is 78.1 g/mol. The van der Waals surface area contributed by atoms with Crippen molar-refractivity contribution in [2.75, 3.05) is 0 Å². The van der Waals surface area contributed by atoms with Gasteiger partial charge >= 0.3 is 0 Å². The SMILES string of the molecule is CC(=N)C(=N)N. The molecule has 0 rings (SSSR count). The first-order valence-electron chi connectivity index (χ1n) is 1.54. The molecule has 0 heterocycles. The van der Waals surface area contributed by atoms with E-state index < -0.39 is 0 Å². The lowest BCUT2D eigenvalue weighted by molar-refractivity contribution is 1.43. The predicted octanol–water partition coefficient (Wildman–Crippen LogP) is -0.0380. The Kier molecular flexibility index (Phi) is 1.32. The summed E-state index contributed by atoms with van der Waals surface area (Å²) in [6, 6.07) is 0. The third-order valence-electron chi connectivity index (χ3n) is 0.404. The Morgan fingerprint density at radius 3 is 1.67 bits per heavy atom. The predicted molar refractivity (Wildman–Crippen MR) is 25.3 cm³/mol. The average molecular weight is 85.1 g/mol. The van der Waals surface area contributed by atoms with Crippen LogP contribution in [-0.2, 0) is 0 Å². The van der Waals surface area contributed by atoms with Crippen LogP contribution in [-0.4, -0.2) is 11.5 Å². The molecule has 0 radical (unpaired) electrons. The summed E-state index contributed by atoms with van der Waals surface area (Å²) < 4.78 is 0. The van der Waals surface area contributed by atoms with Gasteiger partial charge in [-0.2, -0.15) is 0 Å². The summed E-state index contributed by atoms with van der Waals surface area (Å²) in [6.07, 6.45) is 0. The first-order chi connectivity index (χ1) is 2.64. The van der Waals surface area contributed by atoms with Gasteiger partial charge in [0.15, 0.2) is 0 Å². The molecule has 0 saturated heterocycles. The van der Waals surface area contributed by atoms with Crippen molar-refractivity contribution in [1.82, 2.24) is 0 Å². The van der Waals surface area contributed by atoms with Gasteiger partial charge in [-0.05, 0) is 6.92 Å². The van der Waals surface area contributed by atoms with E-state index in [1.165, 1.54) is 6.92 Å². The number of nitrogens with one attached hydrogen (secondary N) is 2. The van der Waals surface area contributed by atoms with Crippen LogP contribution in [0.5, 0.6) is 0 Å². The van der Waals surface area contributed by atoms with Gasteiger partial charge in [0, 0.05) is 0 Å². The number of nitrogens with two attached hydrogens (primary N) is 1. The zero-order chi connectivity index (χ0) is 5.15. The van der Waals surface area contributed by atoms with Crippen LogP contribution in [0.25, 0.3) is 0 Å². The molecule has 0 atom stereocenters. The standard InChI is InChI=1S/C3H7N3/c1-2(4)3(5)6/h4H,1H3,(H3,5,6). The van der Waals surface area contributed by atoms with Crippen molar-refractivity contribution in [3.8, 4) is 0 Å². The van der Waals surface area contributed by atoms with Crippen LogP contribution in [0.15, 0.2) is 0 Å². The van der Waals surface area contributed by atoms with E-state index in [4.69, 9.17) is 16.6 Å². The lowest BCUT2D eigenvalue weighted by Gasteiger charge is -1.84. The molecule has 0 aromatic heterocycles. The van der Waals surface area contributed by atoms with Crippen LogP contribution in [0.1, 0.15) is 6.92 Å². The second-order valence-corrected chi connectivity index (χ2v) is 1.04. The molecule has 3 nitrogen and oxygen atoms in total. The van der Waals surface area contributed by atoms with Crippen LogP contribution in [0.4, 0.5) is 0 Å². The minimum atomic E-state index is -0.157. The Labute approximate surface area is 36.2 Å². The van der Waals surface area contributed by atoms with Gasteiger partial charge in [-0.25, -0.2) is 0 Å². The van der Waals surface area contributed by atoms with E-state index in [0.717, 1.165) is 0 Å². The average Bonchev–Trinajstić information content (AvgIpc) is 1.36. The number of amidine groups is 1. The van der Waals surface area contributed by atoms with Crippen molar-refractivity contribution < 1.29 is 0 Å². The van der Waals surface area contributed by atoms with Crippen molar-refractivity contribution in [3.63, 3.8) is 0 Å². The van der Waals surface area contributed by atoms with E-state index in [9.17, 15) is 0 Å². The third-order valence-corrected chi connectivity index (χ3v) is 0.404. The molecule has 0 aliphatic carbocycles. The second kappa shape index (κ2) is 1.55. The van der Waals surface area contributed by atoms with Crippen molar-refractivity contribution >= 4 is 11.5 Å². The monoisotopic (exact) mass is 85.1 g/mol. The lowest BCUT2D eigenvalue weighted by atomic mass is 10.4. The van der Waals surface area contributed by atoms with Gasteiger partial charge in [0.2, 0.25) is 0 Å². The quantitative estimate of drug-likeness (QED) is 0.303. The van der Waals surface area contributed by atoms with Crippen LogP contribution in [0.3, 0.4) is 0 Å². The number of hydrogen-bond donors (Lipinski definition) is 3. The summed E-state index contributed by atoms with van der Waals surface area (Å²) in [5.41, 5.74) is 4.91. The molecule has 34 valence electrons. The van der Waals surface area contributed by atoms with Crippen LogP contribution >= 0.6 is 0 Å². The van der Waals surface area contributed by atoms with Gasteiger partial charge in [0.05, 0.1) is 5.71 Å². The Morgan fingerprint density at radius 2 is 1.67 bits per heavy atom. The maximum Gasteiger partial charge on any atom is 0.136 e. The summed E-state index contributed by atoms with van der Waals surface area (Å²) >= 11 is 0. The molecule has 6 heavy (non-hydrogen) atoms. The van der Waals surface area contributed by atoms with Gasteiger partial charge in [-0.3, -0.25) is 5.41 Å². The highest BCUT2D eigenvalue weighted by Gasteiger charge is 1.84. The lowest BCUT2D eigenvalue weighted by Crippen LogP contribution is -2.17. The molecule has 0 saturated carbocycles. The summed E-state index contributed by atoms with van der Waals surface area (Å²) in [6.45, 7) is 1.47. The molecule has 0 aromatic carbocycles. The first-order valence-corrected chi connectivity index (χ1v) is 1.54. The van der Waals surface area contributed by atoms with E-state index in [2.05, 4.69) is 0 Å². The summed E-state index contributed by atoms with van der Waals surface area (Å²) in [5, 5.41) is 13.1. The van der Waals surface area contributed by atoms with Gasteiger partial charge < -0.3 is 11.1 Å². The van der Waals surface area contributed by atoms with Crippen LogP contribution in [0, 0.1) is 10.8 Å². The molecule has 0 bridgehead atoms. The first kappa shape index (κ1) is 5.14. The topological polar surface area (TPSA) is 73.7 Å². The van der Waals surface area contributed by atoms with E-state index in [1.807, 2.05) is 0 Å². The third kappa shape index (κ3) is 1.46. The smallest absolute Gasteiger partial charge is 0.136 e. The molecule has 0 aromatic rings. The van der Waals surface area contributed by atoms with Crippen LogP contribution < -0.4 is 5.73 Å². The summed E-state index contributed by atoms with van der Waals surface area (Å²) in [7, 11) is 0. The fourth-order valence-corrected chi connectivity index (χ4v) is 0. The van der Waals surface area contributed by atoms with E-state index in [0.29, 0.717) is 0 Å². The highest BCUT2D eigenvalue weighted by molar-refractivity contribution is 6.37. The van der Waals surface area contributed by atoms with Crippen molar-refractivity contribution in [3.05, 3.63) is 0 Å². The normalized spacial score (nSPS) is 7.50. The Morgan fingerprint density at radius 1 is 1.50 bits per heavy atom. The Balaban J connectivity index is 3.57. The minimum Gasteiger partial charge on any atom is -0.383 e. The van der Waals surface area contributed by atoms with E-state index in [1.54, 1.807) is 0 Å². The van der Waals surface area contributed by atoms with Gasteiger partial charge in [0.25, 0.3) is 0 Å². The van der Waals surface area contributed by atoms with Crippen molar-refractivity contribution in [2.45, 2.75) is 6.92 Å². The Bertz CT molecular complexity index is 72.0. The maximum atomic E-state index is 6.60. The molecule has 0 fully saturated rings. The van der Waals surface area contributed by atoms with Crippen molar-refractivity contribution in [1.29, 1.82) is 10.8 Å². The highest BCUT2D eigenvalue weighted by Crippen LogP contribution is 1.60. The van der Waals surface area contributed by atoms with E-state index in [-0.39, 0.29) is 11.5 Å². The molecule has 0 unspecified atom stereocenters. The fourth-order valence-electron chi connectivity index (χ4n) is 0. The number of hydrogen-bond acceptors (Lipinski definition) is 2. The zero-order valence-electron chi connectivity index (χ0n) is 3.58. The largest absolute Gasteiger partial charge is 0.383 e. The molecule has 0 aliphatic rings. The molecule has 0 amide bonds. The summed E-state index contributed by atoms with van der Waals surface area (Å²) in [4.78, 5) is 0. The summed E-state index contributed by atoms with van der Waals surface area (Å²) in [5.74, 6) is -0.157. The van der Waals surface area contributed by atoms with Gasteiger partial charge in [-0.15, -0.1) is 0 Å². The maximum absolute atomic E-state index is 6.60. The van der Waals surface area contributed by atoms with Crippen molar-refractivity contribution in [2.24, 2.45) is 5.73 Å². The van der Waals surface area contributed by atoms with Gasteiger partial charge in [-0.1, -0.05) is 0 Å². The number of rotatable bonds is 1. The van der Waals surface area contributed by atoms with Gasteiger partial charge in [0.1, 0.15) is 5.84 Å². The Hall–Kier alpha value is -0.860. The molecule has 0 spiro atoms. The second-order valence-electron chi connectivity index (χ2n) is 1.04. The zero-order valence-corrected chi connectivity index (χ0v) is 3.58. The fraction of sp³-hybridized carbons (Fsp3) is 0.333.